The molecule has 2 unspecified atom stereocenters. The zero-order chi connectivity index (χ0) is 17.7. The second-order valence-corrected chi connectivity index (χ2v) is 6.65. The standard InChI is InChI=1S/C15H23ClN4O4/c16-18-8-12(21)20-6-2-5-11(20)15(24)19-10(13(22)14(17)23)7-9-3-1-4-9/h9-11,18H,1-8H2,(H2,17,23)(H,19,24). The summed E-state index contributed by atoms with van der Waals surface area (Å²) in [7, 11) is 0. The van der Waals surface area contributed by atoms with Gasteiger partial charge in [0.25, 0.3) is 5.91 Å². The summed E-state index contributed by atoms with van der Waals surface area (Å²) in [6.45, 7) is 0.392. The van der Waals surface area contributed by atoms with Crippen molar-refractivity contribution in [1.29, 1.82) is 0 Å². The van der Waals surface area contributed by atoms with Crippen LogP contribution in [0.1, 0.15) is 38.5 Å². The van der Waals surface area contributed by atoms with Crippen LogP contribution in [0.15, 0.2) is 0 Å². The lowest BCUT2D eigenvalue weighted by atomic mass is 9.80. The Bertz CT molecular complexity index is 524. The molecule has 24 heavy (non-hydrogen) atoms. The average molecular weight is 359 g/mol. The van der Waals surface area contributed by atoms with Gasteiger partial charge in [-0.05, 0) is 37.0 Å². The van der Waals surface area contributed by atoms with Gasteiger partial charge in [-0.1, -0.05) is 19.3 Å². The molecule has 4 N–H and O–H groups in total. The molecule has 2 atom stereocenters. The number of halogens is 1. The van der Waals surface area contributed by atoms with Gasteiger partial charge in [-0.25, -0.2) is 4.84 Å². The highest BCUT2D eigenvalue weighted by Gasteiger charge is 2.37. The Kier molecular flexibility index (Phi) is 6.56. The van der Waals surface area contributed by atoms with Crippen LogP contribution in [0.25, 0.3) is 0 Å². The Morgan fingerprint density at radius 3 is 2.42 bits per heavy atom. The molecule has 1 heterocycles. The lowest BCUT2D eigenvalue weighted by Gasteiger charge is -2.30. The van der Waals surface area contributed by atoms with E-state index in [1.807, 2.05) is 0 Å². The molecule has 9 heteroatoms. The van der Waals surface area contributed by atoms with Crippen LogP contribution in [0, 0.1) is 5.92 Å². The first kappa shape index (κ1) is 18.7. The number of carbonyl (C=O) groups excluding carboxylic acids is 4. The van der Waals surface area contributed by atoms with E-state index in [0.29, 0.717) is 31.7 Å². The quantitative estimate of drug-likeness (QED) is 0.397. The monoisotopic (exact) mass is 358 g/mol. The maximum atomic E-state index is 12.5. The van der Waals surface area contributed by atoms with Gasteiger partial charge in [0.15, 0.2) is 0 Å². The fourth-order valence-corrected chi connectivity index (χ4v) is 3.34. The first-order valence-corrected chi connectivity index (χ1v) is 8.58. The number of hydrogen-bond acceptors (Lipinski definition) is 5. The summed E-state index contributed by atoms with van der Waals surface area (Å²) in [6.07, 6.45) is 4.68. The summed E-state index contributed by atoms with van der Waals surface area (Å²) in [5.74, 6) is -2.21. The third-order valence-electron chi connectivity index (χ3n) is 4.76. The number of primary amides is 1. The van der Waals surface area contributed by atoms with E-state index >= 15 is 0 Å². The number of nitrogens with zero attached hydrogens (tertiary/aromatic N) is 1. The van der Waals surface area contributed by atoms with Gasteiger partial charge in [-0.15, -0.1) is 0 Å². The Morgan fingerprint density at radius 2 is 1.88 bits per heavy atom. The lowest BCUT2D eigenvalue weighted by molar-refractivity contribution is -0.141. The molecule has 134 valence electrons. The van der Waals surface area contributed by atoms with Gasteiger partial charge >= 0.3 is 0 Å². The highest BCUT2D eigenvalue weighted by atomic mass is 35.5. The molecule has 2 aliphatic rings. The number of Topliss-reactive ketones (excluding diaryl/α,β-unsaturated/α-hetero) is 1. The second-order valence-electron chi connectivity index (χ2n) is 6.38. The fraction of sp³-hybridized carbons (Fsp3) is 0.733. The molecule has 8 nitrogen and oxygen atoms in total. The first-order chi connectivity index (χ1) is 11.4. The molecule has 0 spiro atoms. The fourth-order valence-electron chi connectivity index (χ4n) is 3.23. The Balaban J connectivity index is 2.01. The van der Waals surface area contributed by atoms with Crippen molar-refractivity contribution in [3.63, 3.8) is 0 Å². The van der Waals surface area contributed by atoms with Gasteiger partial charge in [-0.2, -0.15) is 0 Å². The molecular weight excluding hydrogens is 336 g/mol. The summed E-state index contributed by atoms with van der Waals surface area (Å²) in [5, 5.41) is 2.63. The molecule has 0 aromatic rings. The molecule has 0 aromatic heterocycles. The second kappa shape index (κ2) is 8.43. The molecule has 1 aliphatic heterocycles. The number of amides is 3. The van der Waals surface area contributed by atoms with Crippen LogP contribution in [0.2, 0.25) is 0 Å². The van der Waals surface area contributed by atoms with E-state index in [9.17, 15) is 19.2 Å². The van der Waals surface area contributed by atoms with Crippen molar-refractivity contribution in [1.82, 2.24) is 15.1 Å². The number of hydrogen-bond donors (Lipinski definition) is 3. The van der Waals surface area contributed by atoms with Crippen molar-refractivity contribution in [2.24, 2.45) is 11.7 Å². The molecule has 0 bridgehead atoms. The van der Waals surface area contributed by atoms with Crippen molar-refractivity contribution in [2.75, 3.05) is 13.1 Å². The van der Waals surface area contributed by atoms with Crippen molar-refractivity contribution in [2.45, 2.75) is 50.6 Å². The maximum Gasteiger partial charge on any atom is 0.287 e. The third-order valence-corrected chi connectivity index (χ3v) is 4.90. The average Bonchev–Trinajstić information content (AvgIpc) is 2.98. The summed E-state index contributed by atoms with van der Waals surface area (Å²) in [4.78, 5) is 51.4. The van der Waals surface area contributed by atoms with E-state index in [4.69, 9.17) is 17.5 Å². The van der Waals surface area contributed by atoms with Crippen LogP contribution in [-0.4, -0.2) is 53.6 Å². The Labute approximate surface area is 145 Å². The number of likely N-dealkylation sites (tertiary alicyclic amines) is 1. The summed E-state index contributed by atoms with van der Waals surface area (Å²) in [5.41, 5.74) is 5.09. The van der Waals surface area contributed by atoms with Gasteiger partial charge in [0.05, 0.1) is 12.6 Å². The Morgan fingerprint density at radius 1 is 1.17 bits per heavy atom. The van der Waals surface area contributed by atoms with E-state index in [1.165, 1.54) is 4.90 Å². The predicted octanol–water partition coefficient (Wildman–Crippen LogP) is -0.550. The van der Waals surface area contributed by atoms with Gasteiger partial charge in [0.1, 0.15) is 6.04 Å². The number of nitrogens with one attached hydrogen (secondary N) is 2. The highest BCUT2D eigenvalue weighted by molar-refractivity contribution is 6.37. The largest absolute Gasteiger partial charge is 0.363 e. The third kappa shape index (κ3) is 4.45. The smallest absolute Gasteiger partial charge is 0.287 e. The van der Waals surface area contributed by atoms with Crippen LogP contribution in [0.5, 0.6) is 0 Å². The van der Waals surface area contributed by atoms with Crippen LogP contribution in [0.4, 0.5) is 0 Å². The normalized spacial score (nSPS) is 21.9. The van der Waals surface area contributed by atoms with E-state index < -0.39 is 29.7 Å². The molecule has 2 rings (SSSR count). The Hall–Kier alpha value is -1.67. The molecule has 3 amide bonds. The van der Waals surface area contributed by atoms with Crippen LogP contribution in [0.3, 0.4) is 0 Å². The van der Waals surface area contributed by atoms with Crippen molar-refractivity contribution in [3.8, 4) is 0 Å². The van der Waals surface area contributed by atoms with Crippen LogP contribution < -0.4 is 15.9 Å². The minimum absolute atomic E-state index is 0.0724. The molecule has 1 saturated heterocycles. The predicted molar refractivity (Wildman–Crippen MR) is 86.7 cm³/mol. The minimum Gasteiger partial charge on any atom is -0.363 e. The topological polar surface area (TPSA) is 122 Å². The van der Waals surface area contributed by atoms with Gasteiger partial charge < -0.3 is 16.0 Å². The molecule has 1 aliphatic carbocycles. The number of carbonyl (C=O) groups is 4. The zero-order valence-corrected chi connectivity index (χ0v) is 14.2. The lowest BCUT2D eigenvalue weighted by Crippen LogP contribution is -2.54. The van der Waals surface area contributed by atoms with Gasteiger partial charge in [-0.3, -0.25) is 19.2 Å². The first-order valence-electron chi connectivity index (χ1n) is 8.21. The van der Waals surface area contributed by atoms with E-state index in [-0.39, 0.29) is 12.5 Å². The van der Waals surface area contributed by atoms with E-state index in [2.05, 4.69) is 10.2 Å². The number of rotatable bonds is 8. The van der Waals surface area contributed by atoms with Gasteiger partial charge in [0, 0.05) is 6.54 Å². The van der Waals surface area contributed by atoms with E-state index in [1.54, 1.807) is 0 Å². The summed E-state index contributed by atoms with van der Waals surface area (Å²) in [6, 6.07) is -1.56. The molecular formula is C15H23ClN4O4. The van der Waals surface area contributed by atoms with Crippen molar-refractivity contribution < 1.29 is 19.2 Å². The molecule has 1 saturated carbocycles. The molecule has 2 fully saturated rings. The number of nitrogens with two attached hydrogens (primary N) is 1. The minimum atomic E-state index is -1.05. The van der Waals surface area contributed by atoms with Crippen molar-refractivity contribution in [3.05, 3.63) is 0 Å². The zero-order valence-electron chi connectivity index (χ0n) is 13.4. The van der Waals surface area contributed by atoms with Gasteiger partial charge in [0.2, 0.25) is 17.6 Å². The molecule has 0 radical (unpaired) electrons. The summed E-state index contributed by atoms with van der Waals surface area (Å²) >= 11 is 5.35. The van der Waals surface area contributed by atoms with Crippen LogP contribution >= 0.6 is 11.8 Å². The van der Waals surface area contributed by atoms with E-state index in [0.717, 1.165) is 19.3 Å². The van der Waals surface area contributed by atoms with Crippen molar-refractivity contribution >= 4 is 35.3 Å². The molecule has 0 aromatic carbocycles. The maximum absolute atomic E-state index is 12.5. The van der Waals surface area contributed by atoms with Crippen LogP contribution in [-0.2, 0) is 19.2 Å². The number of ketones is 1. The SMILES string of the molecule is NC(=O)C(=O)C(CC1CCC1)NC(=O)C1CCCN1C(=O)CNCl. The highest BCUT2D eigenvalue weighted by Crippen LogP contribution is 2.30. The summed E-state index contributed by atoms with van der Waals surface area (Å²) < 4.78 is 0.